The van der Waals surface area contributed by atoms with Gasteiger partial charge in [-0.05, 0) is 44.9 Å². The van der Waals surface area contributed by atoms with Crippen molar-refractivity contribution >= 4 is 25.7 Å². The second-order valence-corrected chi connectivity index (χ2v) is 13.8. The molecule has 0 amide bonds. The van der Waals surface area contributed by atoms with Crippen molar-refractivity contribution in [3.05, 3.63) is 36.5 Å². The molecule has 11 nitrogen and oxygen atoms in total. The van der Waals surface area contributed by atoms with Crippen molar-refractivity contribution in [3.8, 4) is 0 Å². The van der Waals surface area contributed by atoms with Gasteiger partial charge in [0.25, 0.3) is 0 Å². The molecule has 3 atom stereocenters. The molecular weight excluding hydrogens is 649 g/mol. The average molecular weight is 716 g/mol. The Morgan fingerprint density at radius 2 is 1.14 bits per heavy atom. The number of carbonyl (C=O) groups is 3. The van der Waals surface area contributed by atoms with Crippen LogP contribution in [0.3, 0.4) is 0 Å². The predicted molar refractivity (Wildman–Crippen MR) is 194 cm³/mol. The van der Waals surface area contributed by atoms with Crippen LogP contribution < -0.4 is 5.73 Å². The van der Waals surface area contributed by atoms with Crippen LogP contribution in [0.2, 0.25) is 0 Å². The van der Waals surface area contributed by atoms with Gasteiger partial charge in [0, 0.05) is 12.8 Å². The first kappa shape index (κ1) is 46.7. The summed E-state index contributed by atoms with van der Waals surface area (Å²) >= 11 is 0. The highest BCUT2D eigenvalue weighted by molar-refractivity contribution is 7.47. The van der Waals surface area contributed by atoms with Crippen LogP contribution in [-0.4, -0.2) is 59.9 Å². The summed E-state index contributed by atoms with van der Waals surface area (Å²) in [5, 5.41) is 8.85. The predicted octanol–water partition coefficient (Wildman–Crippen LogP) is 8.89. The summed E-state index contributed by atoms with van der Waals surface area (Å²) < 4.78 is 32.5. The van der Waals surface area contributed by atoms with Crippen LogP contribution in [0.4, 0.5) is 0 Å². The number of hydrogen-bond donors (Lipinski definition) is 3. The van der Waals surface area contributed by atoms with E-state index >= 15 is 0 Å². The van der Waals surface area contributed by atoms with Gasteiger partial charge in [-0.2, -0.15) is 0 Å². The van der Waals surface area contributed by atoms with Crippen molar-refractivity contribution in [2.24, 2.45) is 5.73 Å². The minimum Gasteiger partial charge on any atom is -0.480 e. The number of nitrogens with two attached hydrogens (primary N) is 1. The van der Waals surface area contributed by atoms with Gasteiger partial charge in [0.1, 0.15) is 12.6 Å². The number of esters is 2. The molecule has 0 spiro atoms. The lowest BCUT2D eigenvalue weighted by Crippen LogP contribution is -2.34. The van der Waals surface area contributed by atoms with E-state index in [0.29, 0.717) is 12.8 Å². The first-order valence-corrected chi connectivity index (χ1v) is 20.0. The highest BCUT2D eigenvalue weighted by Gasteiger charge is 2.28. The van der Waals surface area contributed by atoms with Gasteiger partial charge in [-0.25, -0.2) is 4.57 Å². The van der Waals surface area contributed by atoms with Crippen molar-refractivity contribution in [2.75, 3.05) is 19.8 Å². The van der Waals surface area contributed by atoms with Gasteiger partial charge in [0.05, 0.1) is 13.2 Å². The summed E-state index contributed by atoms with van der Waals surface area (Å²) in [5.41, 5.74) is 5.31. The molecule has 0 heterocycles. The van der Waals surface area contributed by atoms with E-state index in [1.165, 1.54) is 38.5 Å². The SMILES string of the molecule is CC/C=C\C/C=C\C/C=C\CCCCCCCC(=O)O[C@H](COC(=O)CCCCCCCCCCCC)COP(=O)(O)OC[C@H](N)C(=O)O. The average Bonchev–Trinajstić information content (AvgIpc) is 3.07. The smallest absolute Gasteiger partial charge is 0.472 e. The van der Waals surface area contributed by atoms with Crippen LogP contribution in [0.1, 0.15) is 149 Å². The molecule has 4 N–H and O–H groups in total. The van der Waals surface area contributed by atoms with E-state index < -0.39 is 51.1 Å². The molecule has 0 radical (unpaired) electrons. The molecule has 0 rings (SSSR count). The zero-order valence-electron chi connectivity index (χ0n) is 30.3. The fourth-order valence-electron chi connectivity index (χ4n) is 4.72. The summed E-state index contributed by atoms with van der Waals surface area (Å²) in [6.45, 7) is 2.63. The second kappa shape index (κ2) is 32.9. The molecule has 1 unspecified atom stereocenters. The largest absolute Gasteiger partial charge is 0.480 e. The topological polar surface area (TPSA) is 172 Å². The minimum atomic E-state index is -4.71. The van der Waals surface area contributed by atoms with E-state index in [9.17, 15) is 23.8 Å². The Bertz CT molecular complexity index is 984. The lowest BCUT2D eigenvalue weighted by molar-refractivity contribution is -0.161. The Morgan fingerprint density at radius 3 is 1.71 bits per heavy atom. The Kier molecular flexibility index (Phi) is 31.3. The molecule has 0 aromatic rings. The maximum absolute atomic E-state index is 12.5. The van der Waals surface area contributed by atoms with E-state index in [-0.39, 0.29) is 19.4 Å². The molecule has 0 fully saturated rings. The molecule has 0 aromatic carbocycles. The fourth-order valence-corrected chi connectivity index (χ4v) is 5.50. The molecule has 0 saturated heterocycles. The van der Waals surface area contributed by atoms with Gasteiger partial charge >= 0.3 is 25.7 Å². The van der Waals surface area contributed by atoms with Gasteiger partial charge < -0.3 is 25.2 Å². The number of rotatable bonds is 34. The maximum Gasteiger partial charge on any atom is 0.472 e. The number of allylic oxidation sites excluding steroid dienone is 6. The summed E-state index contributed by atoms with van der Waals surface area (Å²) in [7, 11) is -4.71. The molecule has 49 heavy (non-hydrogen) atoms. The molecule has 0 saturated carbocycles. The molecule has 0 aliphatic carbocycles. The highest BCUT2D eigenvalue weighted by atomic mass is 31.2. The van der Waals surface area contributed by atoms with E-state index in [1.54, 1.807) is 0 Å². The molecule has 12 heteroatoms. The van der Waals surface area contributed by atoms with Crippen molar-refractivity contribution < 1.29 is 47.5 Å². The Labute approximate surface area is 295 Å². The fraction of sp³-hybridized carbons (Fsp3) is 0.757. The number of carbonyl (C=O) groups excluding carboxylic acids is 2. The number of aliphatic carboxylic acids is 1. The number of carboxylic acids is 1. The van der Waals surface area contributed by atoms with E-state index in [1.807, 2.05) is 0 Å². The summed E-state index contributed by atoms with van der Waals surface area (Å²) in [6.07, 6.45) is 32.2. The standard InChI is InChI=1S/C37H66NO10P/c1-3-5-7-9-11-13-15-16-17-18-19-21-23-25-27-29-36(40)48-33(31-46-49(43,44)47-32-34(38)37(41)42)30-45-35(39)28-26-24-22-20-14-12-10-8-6-4-2/h5,7,11,13,16-17,33-34H,3-4,6,8-10,12,14-15,18-32,38H2,1-2H3,(H,41,42)(H,43,44)/b7-5-,13-11-,17-16-/t33-,34+/m1/s1. The monoisotopic (exact) mass is 715 g/mol. The van der Waals surface area contributed by atoms with Crippen LogP contribution in [0, 0.1) is 0 Å². The number of phosphoric acid groups is 1. The first-order chi connectivity index (χ1) is 23.6. The normalized spacial score (nSPS) is 14.4. The van der Waals surface area contributed by atoms with Crippen molar-refractivity contribution in [3.63, 3.8) is 0 Å². The summed E-state index contributed by atoms with van der Waals surface area (Å²) in [4.78, 5) is 45.6. The Hall–Kier alpha value is -2.30. The quantitative estimate of drug-likeness (QED) is 0.0251. The lowest BCUT2D eigenvalue weighted by Gasteiger charge is -2.20. The van der Waals surface area contributed by atoms with Crippen LogP contribution in [0.5, 0.6) is 0 Å². The van der Waals surface area contributed by atoms with Crippen molar-refractivity contribution in [1.29, 1.82) is 0 Å². The van der Waals surface area contributed by atoms with Crippen molar-refractivity contribution in [2.45, 2.75) is 161 Å². The van der Waals surface area contributed by atoms with Crippen LogP contribution >= 0.6 is 7.82 Å². The zero-order valence-corrected chi connectivity index (χ0v) is 31.2. The van der Waals surface area contributed by atoms with Crippen LogP contribution in [0.15, 0.2) is 36.5 Å². The van der Waals surface area contributed by atoms with Gasteiger partial charge in [0.15, 0.2) is 6.10 Å². The number of phosphoric ester groups is 1. The third-order valence-electron chi connectivity index (χ3n) is 7.65. The number of hydrogen-bond acceptors (Lipinski definition) is 9. The number of ether oxygens (including phenoxy) is 2. The third kappa shape index (κ3) is 32.7. The van der Waals surface area contributed by atoms with Crippen LogP contribution in [0.25, 0.3) is 0 Å². The minimum absolute atomic E-state index is 0.142. The Morgan fingerprint density at radius 1 is 0.653 bits per heavy atom. The van der Waals surface area contributed by atoms with Gasteiger partial charge in [-0.1, -0.05) is 127 Å². The van der Waals surface area contributed by atoms with Crippen LogP contribution in [-0.2, 0) is 37.5 Å². The molecule has 284 valence electrons. The van der Waals surface area contributed by atoms with Crippen molar-refractivity contribution in [1.82, 2.24) is 0 Å². The lowest BCUT2D eigenvalue weighted by atomic mass is 10.1. The number of carboxylic acid groups (broad SMARTS) is 1. The second-order valence-electron chi connectivity index (χ2n) is 12.3. The number of unbranched alkanes of at least 4 members (excludes halogenated alkanes) is 14. The van der Waals surface area contributed by atoms with Gasteiger partial charge in [-0.15, -0.1) is 0 Å². The van der Waals surface area contributed by atoms with Gasteiger partial charge in [-0.3, -0.25) is 23.4 Å². The highest BCUT2D eigenvalue weighted by Crippen LogP contribution is 2.43. The molecule has 0 aromatic heterocycles. The molecule has 0 bridgehead atoms. The van der Waals surface area contributed by atoms with E-state index in [2.05, 4.69) is 54.8 Å². The van der Waals surface area contributed by atoms with Gasteiger partial charge in [0.2, 0.25) is 0 Å². The third-order valence-corrected chi connectivity index (χ3v) is 8.60. The molecular formula is C37H66NO10P. The Balaban J connectivity index is 4.48. The molecule has 0 aliphatic rings. The first-order valence-electron chi connectivity index (χ1n) is 18.5. The summed E-state index contributed by atoms with van der Waals surface area (Å²) in [6, 6.07) is -1.52. The zero-order chi connectivity index (χ0) is 36.4. The maximum atomic E-state index is 12.5. The van der Waals surface area contributed by atoms with E-state index in [4.69, 9.17) is 24.8 Å². The van der Waals surface area contributed by atoms with E-state index in [0.717, 1.165) is 70.6 Å². The summed E-state index contributed by atoms with van der Waals surface area (Å²) in [5.74, 6) is -2.41. The molecule has 0 aliphatic heterocycles.